The number of nitrogens with one attached hydrogen (secondary N) is 1. The smallest absolute Gasteiger partial charge is 0.238 e. The molecular weight excluding hydrogens is 232 g/mol. The van der Waals surface area contributed by atoms with Gasteiger partial charge in [0.25, 0.3) is 0 Å². The lowest BCUT2D eigenvalue weighted by atomic mass is 10.2. The summed E-state index contributed by atoms with van der Waals surface area (Å²) in [5.41, 5.74) is 5.64. The molecule has 1 amide bonds. The van der Waals surface area contributed by atoms with Crippen molar-refractivity contribution in [3.8, 4) is 0 Å². The fourth-order valence-electron chi connectivity index (χ4n) is 1.02. The van der Waals surface area contributed by atoms with Gasteiger partial charge in [-0.1, -0.05) is 0 Å². The standard InChI is InChI=1S/C9H20N2O4S/c1-7(16(3,13)14)9(12)11-5-4-8(10)6-15-2/h7-8H,4-6,10H2,1-3H3,(H,11,12). The van der Waals surface area contributed by atoms with Crippen LogP contribution in [0.4, 0.5) is 0 Å². The zero-order chi connectivity index (χ0) is 12.8. The van der Waals surface area contributed by atoms with Gasteiger partial charge in [-0.2, -0.15) is 0 Å². The predicted molar refractivity (Wildman–Crippen MR) is 61.8 cm³/mol. The van der Waals surface area contributed by atoms with Gasteiger partial charge in [-0.05, 0) is 13.3 Å². The fourth-order valence-corrected chi connectivity index (χ4v) is 1.49. The van der Waals surface area contributed by atoms with Crippen molar-refractivity contribution in [1.82, 2.24) is 5.32 Å². The molecule has 0 saturated heterocycles. The molecule has 7 heteroatoms. The number of methoxy groups -OCH3 is 1. The van der Waals surface area contributed by atoms with E-state index in [1.807, 2.05) is 0 Å². The molecule has 0 aliphatic heterocycles. The van der Waals surface area contributed by atoms with Crippen LogP contribution in [0.15, 0.2) is 0 Å². The molecular formula is C9H20N2O4S. The Balaban J connectivity index is 3.91. The number of nitrogens with two attached hydrogens (primary N) is 1. The van der Waals surface area contributed by atoms with Gasteiger partial charge in [0.15, 0.2) is 9.84 Å². The summed E-state index contributed by atoms with van der Waals surface area (Å²) in [6.07, 6.45) is 1.59. The van der Waals surface area contributed by atoms with Crippen LogP contribution in [0.2, 0.25) is 0 Å². The van der Waals surface area contributed by atoms with Crippen molar-refractivity contribution in [3.63, 3.8) is 0 Å². The second kappa shape index (κ2) is 6.82. The van der Waals surface area contributed by atoms with E-state index in [2.05, 4.69) is 5.32 Å². The summed E-state index contributed by atoms with van der Waals surface area (Å²) in [5, 5.41) is 1.50. The van der Waals surface area contributed by atoms with Crippen molar-refractivity contribution >= 4 is 15.7 Å². The molecule has 0 saturated carbocycles. The summed E-state index contributed by atoms with van der Waals surface area (Å²) in [7, 11) is -1.79. The quantitative estimate of drug-likeness (QED) is 0.599. The topological polar surface area (TPSA) is 98.5 Å². The zero-order valence-corrected chi connectivity index (χ0v) is 10.7. The number of hydrogen-bond acceptors (Lipinski definition) is 5. The molecule has 0 aromatic rings. The normalized spacial score (nSPS) is 15.5. The maximum absolute atomic E-state index is 11.4. The van der Waals surface area contributed by atoms with E-state index in [1.165, 1.54) is 6.92 Å². The van der Waals surface area contributed by atoms with Gasteiger partial charge in [-0.25, -0.2) is 8.42 Å². The summed E-state index contributed by atoms with van der Waals surface area (Å²) < 4.78 is 27.0. The summed E-state index contributed by atoms with van der Waals surface area (Å²) in [5.74, 6) is -0.493. The highest BCUT2D eigenvalue weighted by Gasteiger charge is 2.22. The van der Waals surface area contributed by atoms with Gasteiger partial charge in [0.1, 0.15) is 5.25 Å². The van der Waals surface area contributed by atoms with Crippen molar-refractivity contribution in [2.24, 2.45) is 5.73 Å². The van der Waals surface area contributed by atoms with E-state index < -0.39 is 21.0 Å². The monoisotopic (exact) mass is 252 g/mol. The Labute approximate surface area is 96.4 Å². The van der Waals surface area contributed by atoms with E-state index in [9.17, 15) is 13.2 Å². The second-order valence-corrected chi connectivity index (χ2v) is 6.13. The number of ether oxygens (including phenoxy) is 1. The molecule has 3 N–H and O–H groups in total. The van der Waals surface area contributed by atoms with Crippen molar-refractivity contribution in [1.29, 1.82) is 0 Å². The Hall–Kier alpha value is -0.660. The molecule has 0 fully saturated rings. The maximum atomic E-state index is 11.4. The minimum absolute atomic E-state index is 0.154. The number of carbonyl (C=O) groups excluding carboxylic acids is 1. The van der Waals surface area contributed by atoms with Crippen LogP contribution in [0.5, 0.6) is 0 Å². The van der Waals surface area contributed by atoms with Crippen molar-refractivity contribution < 1.29 is 17.9 Å². The average Bonchev–Trinajstić information content (AvgIpc) is 2.15. The van der Waals surface area contributed by atoms with Gasteiger partial charge < -0.3 is 15.8 Å². The fraction of sp³-hybridized carbons (Fsp3) is 0.889. The molecule has 96 valence electrons. The third-order valence-corrected chi connectivity index (χ3v) is 3.71. The molecule has 0 bridgehead atoms. The lowest BCUT2D eigenvalue weighted by Gasteiger charge is -2.13. The van der Waals surface area contributed by atoms with Gasteiger partial charge in [-0.3, -0.25) is 4.79 Å². The van der Waals surface area contributed by atoms with Crippen LogP contribution < -0.4 is 11.1 Å². The number of amides is 1. The predicted octanol–water partition coefficient (Wildman–Crippen LogP) is -1.10. The minimum Gasteiger partial charge on any atom is -0.383 e. The van der Waals surface area contributed by atoms with Crippen LogP contribution >= 0.6 is 0 Å². The Morgan fingerprint density at radius 2 is 2.06 bits per heavy atom. The highest BCUT2D eigenvalue weighted by atomic mass is 32.2. The highest BCUT2D eigenvalue weighted by molar-refractivity contribution is 7.92. The van der Waals surface area contributed by atoms with Crippen molar-refractivity contribution in [2.75, 3.05) is 26.5 Å². The molecule has 0 radical (unpaired) electrons. The molecule has 0 heterocycles. The SMILES string of the molecule is COCC(N)CCNC(=O)C(C)S(C)(=O)=O. The number of sulfone groups is 1. The van der Waals surface area contributed by atoms with E-state index in [0.717, 1.165) is 6.26 Å². The van der Waals surface area contributed by atoms with E-state index in [4.69, 9.17) is 10.5 Å². The molecule has 2 atom stereocenters. The van der Waals surface area contributed by atoms with Crippen LogP contribution in [0.25, 0.3) is 0 Å². The number of carbonyl (C=O) groups is 1. The molecule has 0 aliphatic carbocycles. The number of rotatable bonds is 7. The molecule has 6 nitrogen and oxygen atoms in total. The molecule has 0 spiro atoms. The summed E-state index contributed by atoms with van der Waals surface area (Å²) in [6.45, 7) is 2.13. The first kappa shape index (κ1) is 15.3. The molecule has 0 aromatic heterocycles. The Bertz CT molecular complexity index is 315. The average molecular weight is 252 g/mol. The zero-order valence-electron chi connectivity index (χ0n) is 9.89. The first-order chi connectivity index (χ1) is 7.29. The van der Waals surface area contributed by atoms with Gasteiger partial charge in [0.2, 0.25) is 5.91 Å². The second-order valence-electron chi connectivity index (χ2n) is 3.77. The van der Waals surface area contributed by atoms with Crippen LogP contribution in [-0.4, -0.2) is 52.1 Å². The third kappa shape index (κ3) is 6.04. The van der Waals surface area contributed by atoms with Crippen molar-refractivity contribution in [2.45, 2.75) is 24.6 Å². The lowest BCUT2D eigenvalue weighted by Crippen LogP contribution is -2.40. The maximum Gasteiger partial charge on any atom is 0.238 e. The highest BCUT2D eigenvalue weighted by Crippen LogP contribution is 1.97. The van der Waals surface area contributed by atoms with Gasteiger partial charge in [0, 0.05) is 26.0 Å². The lowest BCUT2D eigenvalue weighted by molar-refractivity contribution is -0.120. The van der Waals surface area contributed by atoms with E-state index in [-0.39, 0.29) is 6.04 Å². The number of hydrogen-bond donors (Lipinski definition) is 2. The van der Waals surface area contributed by atoms with Gasteiger partial charge in [-0.15, -0.1) is 0 Å². The molecule has 0 aliphatic rings. The Morgan fingerprint density at radius 1 is 1.50 bits per heavy atom. The van der Waals surface area contributed by atoms with E-state index in [1.54, 1.807) is 7.11 Å². The van der Waals surface area contributed by atoms with Gasteiger partial charge >= 0.3 is 0 Å². The van der Waals surface area contributed by atoms with Crippen LogP contribution in [0.3, 0.4) is 0 Å². The molecule has 0 rings (SSSR count). The largest absolute Gasteiger partial charge is 0.383 e. The molecule has 0 aromatic carbocycles. The summed E-state index contributed by atoms with van der Waals surface area (Å²) in [6, 6.07) is -0.154. The third-order valence-electron chi connectivity index (χ3n) is 2.21. The van der Waals surface area contributed by atoms with Crippen molar-refractivity contribution in [3.05, 3.63) is 0 Å². The van der Waals surface area contributed by atoms with E-state index in [0.29, 0.717) is 19.6 Å². The van der Waals surface area contributed by atoms with Gasteiger partial charge in [0.05, 0.1) is 6.61 Å². The first-order valence-electron chi connectivity index (χ1n) is 5.00. The van der Waals surface area contributed by atoms with Crippen LogP contribution in [-0.2, 0) is 19.4 Å². The summed E-state index contributed by atoms with van der Waals surface area (Å²) in [4.78, 5) is 11.4. The van der Waals surface area contributed by atoms with Crippen LogP contribution in [0, 0.1) is 0 Å². The Morgan fingerprint density at radius 3 is 2.50 bits per heavy atom. The molecule has 16 heavy (non-hydrogen) atoms. The summed E-state index contributed by atoms with van der Waals surface area (Å²) >= 11 is 0. The first-order valence-corrected chi connectivity index (χ1v) is 6.95. The minimum atomic E-state index is -3.33. The molecule has 2 unspecified atom stereocenters. The van der Waals surface area contributed by atoms with Crippen LogP contribution in [0.1, 0.15) is 13.3 Å². The Kier molecular flexibility index (Phi) is 6.54. The van der Waals surface area contributed by atoms with E-state index >= 15 is 0 Å².